The van der Waals surface area contributed by atoms with Crippen molar-refractivity contribution in [1.29, 1.82) is 0 Å². The van der Waals surface area contributed by atoms with Crippen molar-refractivity contribution in [3.8, 4) is 5.75 Å². The van der Waals surface area contributed by atoms with Gasteiger partial charge in [0.1, 0.15) is 11.6 Å². The molecule has 0 atom stereocenters. The highest BCUT2D eigenvalue weighted by atomic mass is 19.1. The lowest BCUT2D eigenvalue weighted by Crippen LogP contribution is -2.07. The number of halogens is 3. The molecular formula is C14H10F3NO3. The maximum atomic E-state index is 13.5. The summed E-state index contributed by atoms with van der Waals surface area (Å²) in [4.78, 5) is 10.8. The van der Waals surface area contributed by atoms with Gasteiger partial charge in [0, 0.05) is 12.6 Å². The van der Waals surface area contributed by atoms with Crippen molar-refractivity contribution in [2.45, 2.75) is 6.54 Å². The molecule has 0 saturated carbocycles. The van der Waals surface area contributed by atoms with Crippen molar-refractivity contribution in [2.75, 3.05) is 5.32 Å². The van der Waals surface area contributed by atoms with Crippen molar-refractivity contribution < 1.29 is 28.2 Å². The van der Waals surface area contributed by atoms with Crippen molar-refractivity contribution in [2.24, 2.45) is 0 Å². The van der Waals surface area contributed by atoms with E-state index in [9.17, 15) is 18.0 Å². The average molecular weight is 297 g/mol. The van der Waals surface area contributed by atoms with Crippen molar-refractivity contribution in [3.05, 3.63) is 58.9 Å². The van der Waals surface area contributed by atoms with Crippen LogP contribution >= 0.6 is 0 Å². The Morgan fingerprint density at radius 2 is 1.76 bits per heavy atom. The molecule has 21 heavy (non-hydrogen) atoms. The molecular weight excluding hydrogens is 287 g/mol. The Morgan fingerprint density at radius 1 is 1.05 bits per heavy atom. The second-order valence-electron chi connectivity index (χ2n) is 4.26. The summed E-state index contributed by atoms with van der Waals surface area (Å²) in [7, 11) is 0. The van der Waals surface area contributed by atoms with E-state index in [4.69, 9.17) is 10.2 Å². The molecule has 0 amide bonds. The van der Waals surface area contributed by atoms with Gasteiger partial charge in [0.2, 0.25) is 0 Å². The number of nitrogens with one attached hydrogen (secondary N) is 1. The number of aromatic carboxylic acids is 1. The molecule has 2 aromatic rings. The Hall–Kier alpha value is -2.70. The van der Waals surface area contributed by atoms with Crippen LogP contribution in [0.15, 0.2) is 30.3 Å². The van der Waals surface area contributed by atoms with Crippen LogP contribution in [0.4, 0.5) is 18.9 Å². The number of phenols is 1. The van der Waals surface area contributed by atoms with Crippen molar-refractivity contribution >= 4 is 11.7 Å². The van der Waals surface area contributed by atoms with Gasteiger partial charge < -0.3 is 15.5 Å². The Kier molecular flexibility index (Phi) is 4.02. The summed E-state index contributed by atoms with van der Waals surface area (Å²) in [5, 5.41) is 20.3. The van der Waals surface area contributed by atoms with E-state index in [1.54, 1.807) is 0 Å². The molecule has 3 N–H and O–H groups in total. The van der Waals surface area contributed by atoms with Crippen LogP contribution in [-0.4, -0.2) is 16.2 Å². The normalized spacial score (nSPS) is 10.4. The average Bonchev–Trinajstić information content (AvgIpc) is 2.41. The minimum atomic E-state index is -1.52. The molecule has 2 rings (SSSR count). The summed E-state index contributed by atoms with van der Waals surface area (Å²) in [5.41, 5.74) is -0.496. The van der Waals surface area contributed by atoms with Gasteiger partial charge in [0.25, 0.3) is 0 Å². The number of carbonyl (C=O) groups is 1. The van der Waals surface area contributed by atoms with Crippen molar-refractivity contribution in [3.63, 3.8) is 0 Å². The molecule has 0 aliphatic rings. The standard InChI is InChI=1S/C14H10F3NO3/c15-9-5-10(16)12(4-8(9)14(20)21)18-6-7-1-2-13(19)11(17)3-7/h1-5,18-19H,6H2,(H,20,21). The van der Waals surface area contributed by atoms with E-state index in [0.29, 0.717) is 11.6 Å². The van der Waals surface area contributed by atoms with Crippen LogP contribution in [0.3, 0.4) is 0 Å². The highest BCUT2D eigenvalue weighted by Crippen LogP contribution is 2.21. The summed E-state index contributed by atoms with van der Waals surface area (Å²) in [6.07, 6.45) is 0. The number of phenolic OH excluding ortho intramolecular Hbond substituents is 1. The maximum absolute atomic E-state index is 13.5. The molecule has 110 valence electrons. The topological polar surface area (TPSA) is 69.6 Å². The lowest BCUT2D eigenvalue weighted by molar-refractivity contribution is 0.0692. The van der Waals surface area contributed by atoms with Gasteiger partial charge in [0.15, 0.2) is 11.6 Å². The van der Waals surface area contributed by atoms with E-state index in [1.165, 1.54) is 6.07 Å². The van der Waals surface area contributed by atoms with E-state index in [0.717, 1.165) is 18.2 Å². The number of anilines is 1. The van der Waals surface area contributed by atoms with E-state index in [-0.39, 0.29) is 12.2 Å². The summed E-state index contributed by atoms with van der Waals surface area (Å²) < 4.78 is 39.9. The second-order valence-corrected chi connectivity index (χ2v) is 4.26. The molecule has 7 heteroatoms. The van der Waals surface area contributed by atoms with E-state index in [1.807, 2.05) is 0 Å². The first-order chi connectivity index (χ1) is 9.88. The van der Waals surface area contributed by atoms with Gasteiger partial charge in [-0.15, -0.1) is 0 Å². The number of aromatic hydroxyl groups is 1. The molecule has 0 unspecified atom stereocenters. The molecule has 0 radical (unpaired) electrons. The fourth-order valence-corrected chi connectivity index (χ4v) is 1.71. The van der Waals surface area contributed by atoms with Gasteiger partial charge in [-0.3, -0.25) is 0 Å². The lowest BCUT2D eigenvalue weighted by Gasteiger charge is -2.09. The highest BCUT2D eigenvalue weighted by Gasteiger charge is 2.15. The molecule has 0 saturated heterocycles. The third-order valence-electron chi connectivity index (χ3n) is 2.78. The summed E-state index contributed by atoms with van der Waals surface area (Å²) in [6, 6.07) is 4.87. The third-order valence-corrected chi connectivity index (χ3v) is 2.78. The van der Waals surface area contributed by atoms with E-state index >= 15 is 0 Å². The minimum absolute atomic E-state index is 0.0290. The molecule has 0 heterocycles. The summed E-state index contributed by atoms with van der Waals surface area (Å²) in [5.74, 6) is -5.01. The smallest absolute Gasteiger partial charge is 0.338 e. The zero-order valence-corrected chi connectivity index (χ0v) is 10.5. The number of hydrogen-bond acceptors (Lipinski definition) is 3. The van der Waals surface area contributed by atoms with Gasteiger partial charge >= 0.3 is 5.97 Å². The minimum Gasteiger partial charge on any atom is -0.505 e. The van der Waals surface area contributed by atoms with Crippen LogP contribution in [0, 0.1) is 17.5 Å². The first kappa shape index (κ1) is 14.7. The van der Waals surface area contributed by atoms with Gasteiger partial charge in [-0.05, 0) is 23.8 Å². The number of benzene rings is 2. The number of hydrogen-bond donors (Lipinski definition) is 3. The molecule has 0 aliphatic carbocycles. The van der Waals surface area contributed by atoms with Crippen LogP contribution in [0.1, 0.15) is 15.9 Å². The van der Waals surface area contributed by atoms with Crippen LogP contribution in [0.2, 0.25) is 0 Å². The number of carboxylic acids is 1. The van der Waals surface area contributed by atoms with Crippen LogP contribution in [0.25, 0.3) is 0 Å². The fourth-order valence-electron chi connectivity index (χ4n) is 1.71. The first-order valence-corrected chi connectivity index (χ1v) is 5.82. The summed E-state index contributed by atoms with van der Waals surface area (Å²) in [6.45, 7) is -0.0290. The molecule has 0 bridgehead atoms. The molecule has 4 nitrogen and oxygen atoms in total. The first-order valence-electron chi connectivity index (χ1n) is 5.82. The zero-order chi connectivity index (χ0) is 15.6. The Balaban J connectivity index is 2.21. The van der Waals surface area contributed by atoms with Crippen LogP contribution < -0.4 is 5.32 Å². The van der Waals surface area contributed by atoms with Crippen LogP contribution in [-0.2, 0) is 6.54 Å². The zero-order valence-electron chi connectivity index (χ0n) is 10.5. The molecule has 0 spiro atoms. The number of carboxylic acid groups (broad SMARTS) is 1. The predicted octanol–water partition coefficient (Wildman–Crippen LogP) is 3.12. The predicted molar refractivity (Wildman–Crippen MR) is 68.7 cm³/mol. The van der Waals surface area contributed by atoms with Crippen molar-refractivity contribution in [1.82, 2.24) is 0 Å². The molecule has 0 aromatic heterocycles. The van der Waals surface area contributed by atoms with E-state index in [2.05, 4.69) is 5.32 Å². The molecule has 0 aliphatic heterocycles. The Labute approximate surface area is 117 Å². The van der Waals surface area contributed by atoms with E-state index < -0.39 is 34.7 Å². The Morgan fingerprint density at radius 3 is 2.38 bits per heavy atom. The lowest BCUT2D eigenvalue weighted by atomic mass is 10.1. The Bertz CT molecular complexity index is 704. The summed E-state index contributed by atoms with van der Waals surface area (Å²) >= 11 is 0. The fraction of sp³-hybridized carbons (Fsp3) is 0.0714. The second kappa shape index (κ2) is 5.74. The van der Waals surface area contributed by atoms with Gasteiger partial charge in [-0.2, -0.15) is 0 Å². The third kappa shape index (κ3) is 3.25. The monoisotopic (exact) mass is 297 g/mol. The number of rotatable bonds is 4. The van der Waals surface area contributed by atoms with Gasteiger partial charge in [0.05, 0.1) is 11.3 Å². The van der Waals surface area contributed by atoms with Gasteiger partial charge in [-0.25, -0.2) is 18.0 Å². The molecule has 0 fully saturated rings. The SMILES string of the molecule is O=C(O)c1cc(NCc2ccc(O)c(F)c2)c(F)cc1F. The van der Waals surface area contributed by atoms with Gasteiger partial charge in [-0.1, -0.05) is 6.07 Å². The largest absolute Gasteiger partial charge is 0.505 e. The highest BCUT2D eigenvalue weighted by molar-refractivity contribution is 5.89. The quantitative estimate of drug-likeness (QED) is 0.811. The molecule has 2 aromatic carbocycles. The van der Waals surface area contributed by atoms with Crippen LogP contribution in [0.5, 0.6) is 5.75 Å². The maximum Gasteiger partial charge on any atom is 0.338 e.